The quantitative estimate of drug-likeness (QED) is 0.146. The van der Waals surface area contributed by atoms with Gasteiger partial charge in [0.2, 0.25) is 0 Å². The van der Waals surface area contributed by atoms with Crippen LogP contribution in [0.2, 0.25) is 0 Å². The molecule has 0 radical (unpaired) electrons. The summed E-state index contributed by atoms with van der Waals surface area (Å²) in [7, 11) is 2.51. The minimum Gasteiger partial charge on any atom is -0.497 e. The molecule has 0 spiro atoms. The van der Waals surface area contributed by atoms with Crippen molar-refractivity contribution in [1.29, 1.82) is 0 Å². The Bertz CT molecular complexity index is 3500. The maximum Gasteiger partial charge on any atom is 0.453 e. The highest BCUT2D eigenvalue weighted by atomic mass is 31.1. The van der Waals surface area contributed by atoms with E-state index in [2.05, 4.69) is 156 Å². The van der Waals surface area contributed by atoms with Crippen molar-refractivity contribution < 1.29 is 44.8 Å². The van der Waals surface area contributed by atoms with Crippen LogP contribution in [-0.2, 0) is 21.7 Å². The van der Waals surface area contributed by atoms with Gasteiger partial charge >= 0.3 is 16.5 Å². The van der Waals surface area contributed by atoms with Gasteiger partial charge in [0, 0.05) is 66.8 Å². The van der Waals surface area contributed by atoms with E-state index in [9.17, 15) is 0 Å². The van der Waals surface area contributed by atoms with Gasteiger partial charge in [-0.2, -0.15) is 0 Å². The van der Waals surface area contributed by atoms with Crippen molar-refractivity contribution in [3.63, 3.8) is 0 Å². The van der Waals surface area contributed by atoms with E-state index in [0.29, 0.717) is 56.8 Å². The third-order valence-corrected chi connectivity index (χ3v) is 17.0. The van der Waals surface area contributed by atoms with Gasteiger partial charge in [-0.3, -0.25) is 0 Å². The van der Waals surface area contributed by atoms with Gasteiger partial charge in [0.15, 0.2) is 0 Å². The summed E-state index contributed by atoms with van der Waals surface area (Å²) in [6.07, 6.45) is 0. The maximum absolute atomic E-state index is 7.34. The van der Waals surface area contributed by atoms with Crippen LogP contribution < -0.4 is 28.0 Å². The Hall–Kier alpha value is -6.86. The summed E-state index contributed by atoms with van der Waals surface area (Å²) in [5.74, 6) is 3.75. The van der Waals surface area contributed by atoms with Crippen molar-refractivity contribution in [2.24, 2.45) is 0 Å². The van der Waals surface area contributed by atoms with Crippen molar-refractivity contribution in [3.05, 3.63) is 165 Å². The standard InChI is InChI=1S/C64H68O10P2/c1-61(2,3)47-31-35(65-13)27-43-44-28-36(66-14)32-48(62(4,5)6)58(44)72-75(71-57(43)47)69-51-25-19-23-41-53-39-21-17-18-22-40(39)56(54(41)51)55-42(53)24-20-26-52(55)70-76-73-59-45(29-37(67-15)33-49(59)63(7,8)9)46-30-38(68-16)34-50(60(46)74-76)64(10,11)12/h17-34,53,56H,1-16H3. The van der Waals surface area contributed by atoms with Crippen molar-refractivity contribution in [2.45, 2.75) is 117 Å². The van der Waals surface area contributed by atoms with Crippen molar-refractivity contribution in [2.75, 3.05) is 28.4 Å². The van der Waals surface area contributed by atoms with Gasteiger partial charge in [-0.15, -0.1) is 0 Å². The number of hydrogen-bond donors (Lipinski definition) is 0. The second kappa shape index (κ2) is 18.4. The summed E-state index contributed by atoms with van der Waals surface area (Å²) in [6, 6.07) is 37.8. The van der Waals surface area contributed by atoms with Gasteiger partial charge in [0.05, 0.1) is 28.4 Å². The van der Waals surface area contributed by atoms with Gasteiger partial charge in [0.1, 0.15) is 56.8 Å². The van der Waals surface area contributed by atoms with Crippen LogP contribution in [0.25, 0.3) is 43.9 Å². The molecule has 0 fully saturated rings. The Labute approximate surface area is 447 Å². The molecule has 3 aliphatic rings. The average molecular weight is 1060 g/mol. The summed E-state index contributed by atoms with van der Waals surface area (Å²) in [5, 5.41) is 3.37. The van der Waals surface area contributed by atoms with E-state index in [0.717, 1.165) is 66.1 Å². The summed E-state index contributed by atoms with van der Waals surface area (Å²) < 4.78 is 67.3. The third-order valence-electron chi connectivity index (χ3n) is 15.0. The Kier molecular flexibility index (Phi) is 12.4. The fourth-order valence-electron chi connectivity index (χ4n) is 11.3. The van der Waals surface area contributed by atoms with Crippen LogP contribution in [0, 0.1) is 0 Å². The van der Waals surface area contributed by atoms with Crippen LogP contribution in [0.15, 0.2) is 126 Å². The monoisotopic (exact) mass is 1060 g/mol. The first kappa shape index (κ1) is 51.3. The lowest BCUT2D eigenvalue weighted by Gasteiger charge is -2.42. The van der Waals surface area contributed by atoms with E-state index < -0.39 is 16.5 Å². The molecule has 76 heavy (non-hydrogen) atoms. The van der Waals surface area contributed by atoms with E-state index in [1.54, 1.807) is 28.4 Å². The summed E-state index contributed by atoms with van der Waals surface area (Å²) in [4.78, 5) is 0. The van der Waals surface area contributed by atoms with Crippen LogP contribution in [0.4, 0.5) is 0 Å². The fourth-order valence-corrected chi connectivity index (χ4v) is 13.5. The van der Waals surface area contributed by atoms with Crippen LogP contribution in [0.5, 0.6) is 34.5 Å². The molecule has 0 aliphatic heterocycles. The number of hydrogen-bond acceptors (Lipinski definition) is 10. The van der Waals surface area contributed by atoms with Crippen molar-refractivity contribution in [1.82, 2.24) is 0 Å². The zero-order valence-electron chi connectivity index (χ0n) is 46.5. The number of benzene rings is 7. The van der Waals surface area contributed by atoms with Crippen molar-refractivity contribution >= 4 is 60.4 Å². The lowest BCUT2D eigenvalue weighted by atomic mass is 9.61. The molecule has 0 atom stereocenters. The van der Waals surface area contributed by atoms with E-state index in [1.807, 2.05) is 36.4 Å². The van der Waals surface area contributed by atoms with E-state index in [1.165, 1.54) is 11.1 Å². The summed E-state index contributed by atoms with van der Waals surface area (Å²) >= 11 is 0. The zero-order valence-corrected chi connectivity index (χ0v) is 48.3. The highest BCUT2D eigenvalue weighted by Crippen LogP contribution is 2.61. The zero-order chi connectivity index (χ0) is 54.0. The van der Waals surface area contributed by atoms with Crippen LogP contribution in [0.3, 0.4) is 0 Å². The predicted molar refractivity (Wildman–Crippen MR) is 307 cm³/mol. The van der Waals surface area contributed by atoms with E-state index in [4.69, 9.17) is 44.8 Å². The molecule has 9 aromatic rings. The minimum atomic E-state index is -2.14. The lowest BCUT2D eigenvalue weighted by molar-refractivity contribution is 0.413. The highest BCUT2D eigenvalue weighted by Gasteiger charge is 2.45. The minimum absolute atomic E-state index is 0.131. The second-order valence-corrected chi connectivity index (χ2v) is 26.2. The Morgan fingerprint density at radius 3 is 0.895 bits per heavy atom. The number of methoxy groups -OCH3 is 4. The molecule has 0 N–H and O–H groups in total. The van der Waals surface area contributed by atoms with Crippen LogP contribution >= 0.6 is 16.5 Å². The molecule has 12 rings (SSSR count). The molecular formula is C64H68O10P2. The maximum atomic E-state index is 7.34. The molecule has 3 aliphatic carbocycles. The molecule has 10 nitrogen and oxygen atoms in total. The Balaban J connectivity index is 1.15. The van der Waals surface area contributed by atoms with Gasteiger partial charge in [-0.1, -0.05) is 132 Å². The molecule has 0 saturated carbocycles. The Morgan fingerprint density at radius 1 is 0.342 bits per heavy atom. The molecule has 2 heterocycles. The van der Waals surface area contributed by atoms with Gasteiger partial charge in [0.25, 0.3) is 0 Å². The molecule has 7 aromatic carbocycles. The topological polar surface area (TPSA) is 108 Å². The molecule has 2 aromatic heterocycles. The first-order chi connectivity index (χ1) is 36.0. The first-order valence-electron chi connectivity index (χ1n) is 25.9. The molecule has 0 saturated heterocycles. The molecule has 12 heteroatoms. The molecule has 0 amide bonds. The predicted octanol–water partition coefficient (Wildman–Crippen LogP) is 18.8. The first-order valence-corrected chi connectivity index (χ1v) is 28.1. The van der Waals surface area contributed by atoms with Crippen LogP contribution in [0.1, 0.15) is 151 Å². The Morgan fingerprint density at radius 2 is 0.618 bits per heavy atom. The number of fused-ring (bicyclic) bond motifs is 6. The molecular weight excluding hydrogens is 991 g/mol. The SMILES string of the molecule is COc1cc(C(C)(C)C)c2op(Oc3cccc4c3C3c5ccccc5C4c4cccc(Op5oc6c(C(C)(C)C)cc(OC)cc6c6cc(OC)cc(C(C)(C)C)c6o5)c43)oc3c(C(C)(C)C)cc(OC)cc3c2c1. The van der Waals surface area contributed by atoms with Gasteiger partial charge in [-0.05, 0) is 105 Å². The summed E-state index contributed by atoms with van der Waals surface area (Å²) in [5.41, 5.74) is 12.0. The fraction of sp³-hybridized carbons (Fsp3) is 0.344. The lowest BCUT2D eigenvalue weighted by Crippen LogP contribution is -2.28. The van der Waals surface area contributed by atoms with E-state index in [-0.39, 0.29) is 33.5 Å². The summed E-state index contributed by atoms with van der Waals surface area (Å²) in [6.45, 7) is 26.1. The number of ether oxygens (including phenoxy) is 4. The van der Waals surface area contributed by atoms with E-state index >= 15 is 0 Å². The van der Waals surface area contributed by atoms with Crippen molar-refractivity contribution in [3.8, 4) is 34.5 Å². The van der Waals surface area contributed by atoms with Gasteiger partial charge in [-0.25, -0.2) is 0 Å². The highest BCUT2D eigenvalue weighted by molar-refractivity contribution is 7.32. The second-order valence-electron chi connectivity index (χ2n) is 24.2. The normalized spacial score (nSPS) is 15.1. The largest absolute Gasteiger partial charge is 0.497 e. The number of rotatable bonds is 8. The van der Waals surface area contributed by atoms with Gasteiger partial charge < -0.3 is 44.8 Å². The smallest absolute Gasteiger partial charge is 0.453 e. The van der Waals surface area contributed by atoms with Crippen LogP contribution in [-0.4, -0.2) is 28.4 Å². The molecule has 394 valence electrons. The average Bonchev–Trinajstić information content (AvgIpc) is 3.73. The molecule has 2 bridgehead atoms. The third kappa shape index (κ3) is 8.66. The molecule has 0 unspecified atom stereocenters.